The van der Waals surface area contributed by atoms with Crippen molar-refractivity contribution in [1.82, 2.24) is 0 Å². The second-order valence-corrected chi connectivity index (χ2v) is 4.36. The van der Waals surface area contributed by atoms with Crippen molar-refractivity contribution in [2.75, 3.05) is 5.43 Å². The van der Waals surface area contributed by atoms with Crippen molar-refractivity contribution in [2.45, 2.75) is 26.4 Å². The molecule has 0 aliphatic carbocycles. The highest BCUT2D eigenvalue weighted by Gasteiger charge is 2.08. The van der Waals surface area contributed by atoms with Crippen LogP contribution in [0, 0.1) is 5.82 Å². The van der Waals surface area contributed by atoms with Crippen LogP contribution in [0.25, 0.3) is 0 Å². The van der Waals surface area contributed by atoms with Gasteiger partial charge in [0.15, 0.2) is 0 Å². The largest absolute Gasteiger partial charge is 0.390 e. The van der Waals surface area contributed by atoms with Gasteiger partial charge in [0.05, 0.1) is 18.1 Å². The molecule has 1 aromatic carbocycles. The van der Waals surface area contributed by atoms with E-state index in [0.717, 1.165) is 0 Å². The fourth-order valence-electron chi connectivity index (χ4n) is 0.919. The summed E-state index contributed by atoms with van der Waals surface area (Å²) in [4.78, 5) is 5.09. The molecule has 1 N–H and O–H groups in total. The van der Waals surface area contributed by atoms with Crippen molar-refractivity contribution in [3.63, 3.8) is 0 Å². The maximum Gasteiger partial charge on any atom is 0.129 e. The number of anilines is 1. The van der Waals surface area contributed by atoms with Crippen molar-refractivity contribution in [3.05, 3.63) is 30.1 Å². The third-order valence-corrected chi connectivity index (χ3v) is 1.55. The summed E-state index contributed by atoms with van der Waals surface area (Å²) in [6.07, 6.45) is 2.84. The Hall–Kier alpha value is -1.91. The summed E-state index contributed by atoms with van der Waals surface area (Å²) >= 11 is 0. The lowest BCUT2D eigenvalue weighted by Crippen LogP contribution is -2.15. The van der Waals surface area contributed by atoms with Gasteiger partial charge >= 0.3 is 0 Å². The number of nitrogens with zero attached hydrogens (tertiary/aromatic N) is 2. The smallest absolute Gasteiger partial charge is 0.129 e. The summed E-state index contributed by atoms with van der Waals surface area (Å²) in [5, 5.41) is 7.53. The molecule has 0 fully saturated rings. The molecule has 0 aliphatic rings. The maximum absolute atomic E-state index is 12.8. The number of oxime groups is 1. The van der Waals surface area contributed by atoms with Crippen molar-refractivity contribution in [1.29, 1.82) is 0 Å². The molecule has 1 rings (SSSR count). The number of halogens is 1. The summed E-state index contributed by atoms with van der Waals surface area (Å²) in [6, 6.07) is 6.03. The van der Waals surface area contributed by atoms with E-state index in [2.05, 4.69) is 15.7 Å². The minimum absolute atomic E-state index is 0.310. The summed E-state index contributed by atoms with van der Waals surface area (Å²) < 4.78 is 12.8. The molecule has 92 valence electrons. The van der Waals surface area contributed by atoms with Crippen LogP contribution in [0.15, 0.2) is 34.5 Å². The minimum Gasteiger partial charge on any atom is -0.390 e. The van der Waals surface area contributed by atoms with Crippen molar-refractivity contribution >= 4 is 18.1 Å². The molecule has 4 nitrogen and oxygen atoms in total. The first-order valence-electron chi connectivity index (χ1n) is 5.22. The van der Waals surface area contributed by atoms with Crippen LogP contribution in [-0.2, 0) is 4.84 Å². The van der Waals surface area contributed by atoms with E-state index in [-0.39, 0.29) is 11.4 Å². The number of hydrogen-bond acceptors (Lipinski definition) is 4. The summed E-state index contributed by atoms with van der Waals surface area (Å²) in [7, 11) is 0. The molecule has 1 aromatic rings. The van der Waals surface area contributed by atoms with Gasteiger partial charge in [-0.2, -0.15) is 5.10 Å². The van der Waals surface area contributed by atoms with Crippen LogP contribution in [0.2, 0.25) is 0 Å². The van der Waals surface area contributed by atoms with E-state index in [0.29, 0.717) is 5.69 Å². The molecule has 17 heavy (non-hydrogen) atoms. The Morgan fingerprint density at radius 3 is 2.71 bits per heavy atom. The monoisotopic (exact) mass is 237 g/mol. The second-order valence-electron chi connectivity index (χ2n) is 4.36. The summed E-state index contributed by atoms with van der Waals surface area (Å²) in [5.41, 5.74) is 2.92. The van der Waals surface area contributed by atoms with Gasteiger partial charge in [-0.1, -0.05) is 11.2 Å². The van der Waals surface area contributed by atoms with Gasteiger partial charge in [0.2, 0.25) is 0 Å². The van der Waals surface area contributed by atoms with E-state index in [4.69, 9.17) is 4.84 Å². The lowest BCUT2D eigenvalue weighted by molar-refractivity contribution is 0.00225. The average molecular weight is 237 g/mol. The van der Waals surface area contributed by atoms with Gasteiger partial charge in [-0.15, -0.1) is 0 Å². The molecule has 0 atom stereocenters. The van der Waals surface area contributed by atoms with Crippen LogP contribution in [0.1, 0.15) is 20.8 Å². The highest BCUT2D eigenvalue weighted by molar-refractivity contribution is 6.15. The van der Waals surface area contributed by atoms with Gasteiger partial charge in [0.25, 0.3) is 0 Å². The van der Waals surface area contributed by atoms with Crippen LogP contribution >= 0.6 is 0 Å². The Balaban J connectivity index is 2.36. The second kappa shape index (κ2) is 5.98. The van der Waals surface area contributed by atoms with Gasteiger partial charge < -0.3 is 4.84 Å². The van der Waals surface area contributed by atoms with E-state index >= 15 is 0 Å². The van der Waals surface area contributed by atoms with Gasteiger partial charge in [-0.3, -0.25) is 5.43 Å². The summed E-state index contributed by atoms with van der Waals surface area (Å²) in [6.45, 7) is 5.69. The zero-order valence-corrected chi connectivity index (χ0v) is 10.1. The molecule has 0 aliphatic heterocycles. The van der Waals surface area contributed by atoms with Gasteiger partial charge in [0, 0.05) is 0 Å². The summed E-state index contributed by atoms with van der Waals surface area (Å²) in [5.74, 6) is -0.310. The van der Waals surface area contributed by atoms with Gasteiger partial charge in [-0.05, 0) is 39.0 Å². The number of hydrogen-bond donors (Lipinski definition) is 1. The third kappa shape index (κ3) is 6.29. The maximum atomic E-state index is 12.8. The van der Waals surface area contributed by atoms with Crippen LogP contribution < -0.4 is 5.43 Å². The first-order valence-corrected chi connectivity index (χ1v) is 5.22. The van der Waals surface area contributed by atoms with E-state index < -0.39 is 0 Å². The zero-order valence-electron chi connectivity index (χ0n) is 10.1. The normalized spacial score (nSPS) is 12.2. The molecule has 0 unspecified atom stereocenters. The zero-order chi connectivity index (χ0) is 12.7. The van der Waals surface area contributed by atoms with Gasteiger partial charge in [0.1, 0.15) is 11.4 Å². The first kappa shape index (κ1) is 13.2. The molecule has 0 heterocycles. The molecular formula is C12H16FN3O. The van der Waals surface area contributed by atoms with E-state index in [1.54, 1.807) is 12.1 Å². The van der Waals surface area contributed by atoms with Crippen LogP contribution in [-0.4, -0.2) is 18.0 Å². The Morgan fingerprint density at radius 2 is 2.06 bits per heavy atom. The van der Waals surface area contributed by atoms with Gasteiger partial charge in [-0.25, -0.2) is 4.39 Å². The molecule has 0 amide bonds. The number of hydrazone groups is 1. The fourth-order valence-corrected chi connectivity index (χ4v) is 0.919. The lowest BCUT2D eigenvalue weighted by Gasteiger charge is -2.14. The molecule has 0 saturated heterocycles. The van der Waals surface area contributed by atoms with Crippen molar-refractivity contribution in [2.24, 2.45) is 10.3 Å². The van der Waals surface area contributed by atoms with E-state index in [1.165, 1.54) is 24.6 Å². The van der Waals surface area contributed by atoms with Crippen LogP contribution in [0.3, 0.4) is 0 Å². The van der Waals surface area contributed by atoms with Crippen molar-refractivity contribution < 1.29 is 9.23 Å². The molecule has 0 radical (unpaired) electrons. The minimum atomic E-state index is -0.319. The van der Waals surface area contributed by atoms with Crippen molar-refractivity contribution in [3.8, 4) is 0 Å². The molecule has 0 aromatic heterocycles. The molecule has 0 spiro atoms. The van der Waals surface area contributed by atoms with E-state index in [1.807, 2.05) is 20.8 Å². The predicted molar refractivity (Wildman–Crippen MR) is 67.8 cm³/mol. The Kier molecular flexibility index (Phi) is 4.63. The Bertz CT molecular complexity index is 410. The standard InChI is InChI=1S/C12H16FN3O/c1-12(2,3)17-15-8-7-14-16-11-6-4-5-10(13)9-11/h4-9,16H,1-3H3/b14-7+,15-8+. The highest BCUT2D eigenvalue weighted by atomic mass is 19.1. The van der Waals surface area contributed by atoms with Crippen LogP contribution in [0.5, 0.6) is 0 Å². The third-order valence-electron chi connectivity index (χ3n) is 1.55. The SMILES string of the molecule is CC(C)(C)O/N=C/C=N/Nc1cccc(F)c1. The van der Waals surface area contributed by atoms with Crippen LogP contribution in [0.4, 0.5) is 10.1 Å². The number of rotatable bonds is 4. The predicted octanol–water partition coefficient (Wildman–Crippen LogP) is 3.02. The quantitative estimate of drug-likeness (QED) is 0.646. The molecule has 5 heteroatoms. The molecule has 0 saturated carbocycles. The average Bonchev–Trinajstić information content (AvgIpc) is 2.22. The number of benzene rings is 1. The Labute approximate surface area is 100 Å². The fraction of sp³-hybridized carbons (Fsp3) is 0.333. The lowest BCUT2D eigenvalue weighted by atomic mass is 10.2. The molecule has 0 bridgehead atoms. The first-order chi connectivity index (χ1) is 7.97. The highest BCUT2D eigenvalue weighted by Crippen LogP contribution is 2.08. The Morgan fingerprint density at radius 1 is 1.29 bits per heavy atom. The van der Waals surface area contributed by atoms with E-state index in [9.17, 15) is 4.39 Å². The molecular weight excluding hydrogens is 221 g/mol. The topological polar surface area (TPSA) is 46.0 Å². The number of nitrogens with one attached hydrogen (secondary N) is 1.